The summed E-state index contributed by atoms with van der Waals surface area (Å²) in [5, 5.41) is 9.36. The summed E-state index contributed by atoms with van der Waals surface area (Å²) in [5.74, 6) is 1.14. The molecule has 174 valence electrons. The maximum atomic E-state index is 11.4. The highest BCUT2D eigenvalue weighted by Gasteiger charge is 2.21. The summed E-state index contributed by atoms with van der Waals surface area (Å²) in [6.45, 7) is 3.06. The third-order valence-electron chi connectivity index (χ3n) is 5.67. The second-order valence-electron chi connectivity index (χ2n) is 8.06. The van der Waals surface area contributed by atoms with E-state index in [1.54, 1.807) is 6.20 Å². The molecular weight excluding hydrogens is 428 g/mol. The van der Waals surface area contributed by atoms with Crippen LogP contribution in [0.2, 0.25) is 0 Å². The molecule has 0 fully saturated rings. The highest BCUT2D eigenvalue weighted by molar-refractivity contribution is 5.69. The maximum Gasteiger partial charge on any atom is 0.304 e. The molecule has 0 aliphatic rings. The first kappa shape index (κ1) is 23.1. The topological polar surface area (TPSA) is 73.6 Å². The van der Waals surface area contributed by atoms with Gasteiger partial charge in [-0.25, -0.2) is 4.98 Å². The monoisotopic (exact) mass is 456 g/mol. The summed E-state index contributed by atoms with van der Waals surface area (Å²) in [6, 6.07) is 23.9. The molecule has 34 heavy (non-hydrogen) atoms. The Morgan fingerprint density at radius 1 is 0.971 bits per heavy atom. The number of hydrogen-bond donors (Lipinski definition) is 1. The summed E-state index contributed by atoms with van der Waals surface area (Å²) in [6.07, 6.45) is 3.48. The number of ether oxygens (including phenoxy) is 2. The number of carbonyl (C=O) groups is 1. The number of aryl methyl sites for hydroxylation is 1. The van der Waals surface area contributed by atoms with Crippen molar-refractivity contribution in [3.05, 3.63) is 102 Å². The van der Waals surface area contributed by atoms with Crippen LogP contribution in [0.4, 0.5) is 0 Å². The number of rotatable bonds is 10. The van der Waals surface area contributed by atoms with Crippen molar-refractivity contribution in [2.24, 2.45) is 7.05 Å². The van der Waals surface area contributed by atoms with Crippen molar-refractivity contribution in [3.8, 4) is 22.6 Å². The minimum absolute atomic E-state index is 0.0229. The zero-order chi connectivity index (χ0) is 23.9. The molecule has 0 saturated carbocycles. The van der Waals surface area contributed by atoms with Crippen molar-refractivity contribution in [2.75, 3.05) is 6.61 Å². The molecule has 1 heterocycles. The van der Waals surface area contributed by atoms with E-state index < -0.39 is 5.97 Å². The molecule has 6 nitrogen and oxygen atoms in total. The number of carboxylic acids is 1. The summed E-state index contributed by atoms with van der Waals surface area (Å²) in [7, 11) is 1.87. The minimum Gasteiger partial charge on any atom is -0.494 e. The summed E-state index contributed by atoms with van der Waals surface area (Å²) in [5.41, 5.74) is 4.18. The molecule has 6 heteroatoms. The van der Waals surface area contributed by atoms with Gasteiger partial charge in [0.15, 0.2) is 0 Å². The zero-order valence-corrected chi connectivity index (χ0v) is 19.3. The molecule has 4 rings (SSSR count). The molecule has 3 aromatic carbocycles. The van der Waals surface area contributed by atoms with Gasteiger partial charge < -0.3 is 19.1 Å². The first-order valence-corrected chi connectivity index (χ1v) is 11.3. The fraction of sp³-hybridized carbons (Fsp3) is 0.214. The lowest BCUT2D eigenvalue weighted by Gasteiger charge is -2.16. The number of aromatic nitrogens is 2. The van der Waals surface area contributed by atoms with Crippen LogP contribution < -0.4 is 9.47 Å². The SMILES string of the molecule is CCOc1cccc(-c2ccc(COc3ccc(C(CC(=O)O)c4nccn4C)cc3)cc2)c1. The van der Waals surface area contributed by atoms with Gasteiger partial charge in [-0.15, -0.1) is 0 Å². The van der Waals surface area contributed by atoms with Crippen LogP contribution in [0.5, 0.6) is 11.5 Å². The Kier molecular flexibility index (Phi) is 7.28. The van der Waals surface area contributed by atoms with Gasteiger partial charge in [-0.1, -0.05) is 48.5 Å². The molecule has 0 amide bonds. The second kappa shape index (κ2) is 10.7. The molecule has 0 radical (unpaired) electrons. The van der Waals surface area contributed by atoms with Crippen LogP contribution in [0.25, 0.3) is 11.1 Å². The van der Waals surface area contributed by atoms with Crippen LogP contribution >= 0.6 is 0 Å². The Hall–Kier alpha value is -4.06. The smallest absolute Gasteiger partial charge is 0.304 e. The van der Waals surface area contributed by atoms with Crippen LogP contribution in [0, 0.1) is 0 Å². The molecule has 0 aliphatic carbocycles. The number of hydrogen-bond acceptors (Lipinski definition) is 4. The van der Waals surface area contributed by atoms with Crippen LogP contribution in [0.15, 0.2) is 85.2 Å². The second-order valence-corrected chi connectivity index (χ2v) is 8.06. The molecule has 1 N–H and O–H groups in total. The van der Waals surface area contributed by atoms with E-state index in [4.69, 9.17) is 9.47 Å². The van der Waals surface area contributed by atoms with Crippen molar-refractivity contribution in [3.63, 3.8) is 0 Å². The van der Waals surface area contributed by atoms with Gasteiger partial charge in [-0.3, -0.25) is 4.79 Å². The van der Waals surface area contributed by atoms with Crippen LogP contribution in [-0.2, 0) is 18.4 Å². The average Bonchev–Trinajstić information content (AvgIpc) is 3.28. The van der Waals surface area contributed by atoms with Gasteiger partial charge in [-0.2, -0.15) is 0 Å². The third kappa shape index (κ3) is 5.64. The number of aliphatic carboxylic acids is 1. The first-order chi connectivity index (χ1) is 16.5. The van der Waals surface area contributed by atoms with Gasteiger partial charge in [0.25, 0.3) is 0 Å². The van der Waals surface area contributed by atoms with E-state index in [2.05, 4.69) is 35.3 Å². The average molecular weight is 457 g/mol. The molecular formula is C28H28N2O4. The minimum atomic E-state index is -0.860. The molecule has 0 saturated heterocycles. The Morgan fingerprint density at radius 2 is 1.74 bits per heavy atom. The van der Waals surface area contributed by atoms with Gasteiger partial charge in [0.05, 0.1) is 18.9 Å². The van der Waals surface area contributed by atoms with Crippen molar-refractivity contribution in [1.82, 2.24) is 9.55 Å². The summed E-state index contributed by atoms with van der Waals surface area (Å²) >= 11 is 0. The molecule has 1 unspecified atom stereocenters. The van der Waals surface area contributed by atoms with Gasteiger partial charge in [0.2, 0.25) is 0 Å². The largest absolute Gasteiger partial charge is 0.494 e. The molecule has 0 spiro atoms. The van der Waals surface area contributed by atoms with E-state index in [-0.39, 0.29) is 12.3 Å². The fourth-order valence-electron chi connectivity index (χ4n) is 3.93. The highest BCUT2D eigenvalue weighted by atomic mass is 16.5. The number of imidazole rings is 1. The molecule has 1 aromatic heterocycles. The van der Waals surface area contributed by atoms with Crippen LogP contribution in [0.1, 0.15) is 36.2 Å². The Labute approximate surface area is 199 Å². The zero-order valence-electron chi connectivity index (χ0n) is 19.3. The van der Waals surface area contributed by atoms with Crippen molar-refractivity contribution in [1.29, 1.82) is 0 Å². The van der Waals surface area contributed by atoms with Gasteiger partial charge in [0, 0.05) is 19.4 Å². The lowest BCUT2D eigenvalue weighted by molar-refractivity contribution is -0.137. The summed E-state index contributed by atoms with van der Waals surface area (Å²) < 4.78 is 13.4. The number of nitrogens with zero attached hydrogens (tertiary/aromatic N) is 2. The third-order valence-corrected chi connectivity index (χ3v) is 5.67. The number of carboxylic acid groups (broad SMARTS) is 1. The van der Waals surface area contributed by atoms with Gasteiger partial charge >= 0.3 is 5.97 Å². The van der Waals surface area contributed by atoms with Gasteiger partial charge in [-0.05, 0) is 53.4 Å². The maximum absolute atomic E-state index is 11.4. The number of benzene rings is 3. The first-order valence-electron chi connectivity index (χ1n) is 11.3. The molecule has 4 aromatic rings. The Bertz CT molecular complexity index is 1230. The predicted molar refractivity (Wildman–Crippen MR) is 131 cm³/mol. The van der Waals surface area contributed by atoms with Crippen molar-refractivity contribution >= 4 is 5.97 Å². The normalized spacial score (nSPS) is 11.7. The van der Waals surface area contributed by atoms with Gasteiger partial charge in [0.1, 0.15) is 23.9 Å². The molecule has 0 bridgehead atoms. The standard InChI is InChI=1S/C28H28N2O4/c1-3-33-25-6-4-5-23(17-25)21-9-7-20(8-10-21)19-34-24-13-11-22(12-14-24)26(18-27(31)32)28-29-15-16-30(28)2/h4-17,26H,3,18-19H2,1-2H3,(H,31,32). The molecule has 1 atom stereocenters. The lowest BCUT2D eigenvalue weighted by atomic mass is 9.94. The Balaban J connectivity index is 1.41. The molecule has 0 aliphatic heterocycles. The van der Waals surface area contributed by atoms with Crippen molar-refractivity contribution in [2.45, 2.75) is 25.9 Å². The predicted octanol–water partition coefficient (Wildman–Crippen LogP) is 5.67. The fourth-order valence-corrected chi connectivity index (χ4v) is 3.93. The van der Waals surface area contributed by atoms with Crippen LogP contribution in [0.3, 0.4) is 0 Å². The highest BCUT2D eigenvalue weighted by Crippen LogP contribution is 2.29. The van der Waals surface area contributed by atoms with Crippen molar-refractivity contribution < 1.29 is 19.4 Å². The van der Waals surface area contributed by atoms with E-state index in [9.17, 15) is 9.90 Å². The van der Waals surface area contributed by atoms with E-state index in [0.717, 1.165) is 39.6 Å². The Morgan fingerprint density at radius 3 is 2.38 bits per heavy atom. The summed E-state index contributed by atoms with van der Waals surface area (Å²) in [4.78, 5) is 15.8. The quantitative estimate of drug-likeness (QED) is 0.333. The van der Waals surface area contributed by atoms with E-state index in [1.807, 2.05) is 67.2 Å². The lowest BCUT2D eigenvalue weighted by Crippen LogP contribution is -2.12. The van der Waals surface area contributed by atoms with Crippen LogP contribution in [-0.4, -0.2) is 27.2 Å². The van der Waals surface area contributed by atoms with E-state index in [1.165, 1.54) is 0 Å². The van der Waals surface area contributed by atoms with E-state index in [0.29, 0.717) is 13.2 Å². The van der Waals surface area contributed by atoms with E-state index >= 15 is 0 Å².